The predicted octanol–water partition coefficient (Wildman–Crippen LogP) is 1.83. The highest BCUT2D eigenvalue weighted by molar-refractivity contribution is 6.02. The van der Waals surface area contributed by atoms with Gasteiger partial charge in [0.05, 0.1) is 17.0 Å². The van der Waals surface area contributed by atoms with E-state index in [4.69, 9.17) is 4.74 Å². The number of aryl methyl sites for hydroxylation is 1. The number of aromatic amines is 1. The molecule has 1 N–H and O–H groups in total. The third-order valence-corrected chi connectivity index (χ3v) is 3.30. The molecular weight excluding hydrogens is 302 g/mol. The van der Waals surface area contributed by atoms with E-state index >= 15 is 0 Å². The van der Waals surface area contributed by atoms with Crippen molar-refractivity contribution in [1.82, 2.24) is 20.0 Å². The number of nitrogens with one attached hydrogen (secondary N) is 1. The lowest BCUT2D eigenvalue weighted by atomic mass is 10.1. The number of esters is 1. The molecule has 0 unspecified atom stereocenters. The minimum atomic E-state index is -0.552. The van der Waals surface area contributed by atoms with Gasteiger partial charge in [-0.25, -0.2) is 4.79 Å². The van der Waals surface area contributed by atoms with Gasteiger partial charge in [0.15, 0.2) is 5.69 Å². The molecule has 0 aliphatic carbocycles. The van der Waals surface area contributed by atoms with E-state index in [0.29, 0.717) is 5.39 Å². The summed E-state index contributed by atoms with van der Waals surface area (Å²) in [6.07, 6.45) is 2.42. The molecule has 3 aromatic rings. The Balaban J connectivity index is 1.64. The summed E-state index contributed by atoms with van der Waals surface area (Å²) in [6, 6.07) is 5.61. The zero-order valence-electron chi connectivity index (χ0n) is 12.2. The summed E-state index contributed by atoms with van der Waals surface area (Å²) < 4.78 is 6.50. The van der Waals surface area contributed by atoms with Gasteiger partial charge in [0.2, 0.25) is 0 Å². The highest BCUT2D eigenvalue weighted by Gasteiger charge is 2.16. The van der Waals surface area contributed by atoms with E-state index in [1.165, 1.54) is 10.9 Å². The number of carbonyl (C=O) groups is 1. The van der Waals surface area contributed by atoms with E-state index in [0.717, 1.165) is 17.3 Å². The number of fused-ring (bicyclic) bond motifs is 1. The number of hydrogen-bond donors (Lipinski definition) is 1. The van der Waals surface area contributed by atoms with E-state index in [1.807, 2.05) is 25.1 Å². The molecule has 1 aromatic carbocycles. The minimum absolute atomic E-state index is 0.0395. The van der Waals surface area contributed by atoms with E-state index in [2.05, 4.69) is 15.3 Å². The summed E-state index contributed by atoms with van der Waals surface area (Å²) in [5.41, 5.74) is 1.88. The zero-order valence-corrected chi connectivity index (χ0v) is 12.2. The Bertz CT molecular complexity index is 882. The second-order valence-electron chi connectivity index (χ2n) is 4.98. The molecule has 0 saturated heterocycles. The van der Waals surface area contributed by atoms with Crippen LogP contribution in [0, 0.1) is 17.0 Å². The number of hydrogen-bond acceptors (Lipinski definition) is 6. The maximum atomic E-state index is 12.1. The SMILES string of the molecule is Cc1ccc2[nH]nc(C(=O)OCCn3cc([N+](=O)[O-])cn3)c2c1. The summed E-state index contributed by atoms with van der Waals surface area (Å²) in [5.74, 6) is -0.552. The highest BCUT2D eigenvalue weighted by atomic mass is 16.6. The number of ether oxygens (including phenoxy) is 1. The number of rotatable bonds is 5. The molecule has 0 radical (unpaired) electrons. The first-order valence-corrected chi connectivity index (χ1v) is 6.83. The lowest BCUT2D eigenvalue weighted by molar-refractivity contribution is -0.385. The Hall–Kier alpha value is -3.23. The maximum absolute atomic E-state index is 12.1. The van der Waals surface area contributed by atoms with Gasteiger partial charge >= 0.3 is 11.7 Å². The number of aromatic nitrogens is 4. The highest BCUT2D eigenvalue weighted by Crippen LogP contribution is 2.18. The van der Waals surface area contributed by atoms with Gasteiger partial charge in [-0.3, -0.25) is 19.9 Å². The van der Waals surface area contributed by atoms with Crippen molar-refractivity contribution >= 4 is 22.6 Å². The number of nitro groups is 1. The smallest absolute Gasteiger partial charge is 0.359 e. The van der Waals surface area contributed by atoms with E-state index in [-0.39, 0.29) is 24.5 Å². The minimum Gasteiger partial charge on any atom is -0.459 e. The summed E-state index contributed by atoms with van der Waals surface area (Å²) in [4.78, 5) is 22.1. The predicted molar refractivity (Wildman–Crippen MR) is 80.0 cm³/mol. The van der Waals surface area contributed by atoms with E-state index in [1.54, 1.807) is 0 Å². The van der Waals surface area contributed by atoms with Crippen LogP contribution in [0.3, 0.4) is 0 Å². The van der Waals surface area contributed by atoms with Crippen molar-refractivity contribution in [2.24, 2.45) is 0 Å². The normalized spacial score (nSPS) is 10.8. The second-order valence-corrected chi connectivity index (χ2v) is 4.98. The van der Waals surface area contributed by atoms with Crippen molar-refractivity contribution in [3.63, 3.8) is 0 Å². The van der Waals surface area contributed by atoms with Crippen LogP contribution in [0.1, 0.15) is 16.1 Å². The van der Waals surface area contributed by atoms with Crippen LogP contribution in [0.2, 0.25) is 0 Å². The summed E-state index contributed by atoms with van der Waals surface area (Å²) >= 11 is 0. The summed E-state index contributed by atoms with van der Waals surface area (Å²) in [6.45, 7) is 2.19. The third-order valence-electron chi connectivity index (χ3n) is 3.30. The van der Waals surface area contributed by atoms with Crippen LogP contribution in [-0.2, 0) is 11.3 Å². The number of carbonyl (C=O) groups excluding carboxylic acids is 1. The Morgan fingerprint density at radius 2 is 2.30 bits per heavy atom. The number of H-pyrrole nitrogens is 1. The molecule has 0 fully saturated rings. The largest absolute Gasteiger partial charge is 0.459 e. The fourth-order valence-corrected chi connectivity index (χ4v) is 2.15. The molecule has 23 heavy (non-hydrogen) atoms. The van der Waals surface area contributed by atoms with Crippen molar-refractivity contribution in [2.45, 2.75) is 13.5 Å². The molecule has 0 spiro atoms. The van der Waals surface area contributed by atoms with Gasteiger partial charge in [0, 0.05) is 5.39 Å². The molecular formula is C14H13N5O4. The van der Waals surface area contributed by atoms with Crippen LogP contribution in [-0.4, -0.2) is 37.5 Å². The number of nitrogens with zero attached hydrogens (tertiary/aromatic N) is 4. The molecule has 3 rings (SSSR count). The van der Waals surface area contributed by atoms with Gasteiger partial charge in [-0.05, 0) is 19.1 Å². The van der Waals surface area contributed by atoms with Crippen LogP contribution in [0.15, 0.2) is 30.6 Å². The molecule has 0 atom stereocenters. The number of benzene rings is 1. The Morgan fingerprint density at radius 1 is 1.48 bits per heavy atom. The van der Waals surface area contributed by atoms with Gasteiger partial charge in [-0.2, -0.15) is 10.2 Å². The fraction of sp³-hybridized carbons (Fsp3) is 0.214. The molecule has 118 valence electrons. The lowest BCUT2D eigenvalue weighted by Gasteiger charge is -2.03. The molecule has 0 aliphatic rings. The molecule has 2 heterocycles. The van der Waals surface area contributed by atoms with Crippen molar-refractivity contribution in [1.29, 1.82) is 0 Å². The average Bonchev–Trinajstić information content (AvgIpc) is 3.13. The molecule has 9 nitrogen and oxygen atoms in total. The van der Waals surface area contributed by atoms with Gasteiger partial charge in [-0.15, -0.1) is 0 Å². The standard InChI is InChI=1S/C14H13N5O4/c1-9-2-3-12-11(6-9)13(17-16-12)14(20)23-5-4-18-8-10(7-15-18)19(21)22/h2-3,6-8H,4-5H2,1H3,(H,16,17). The first-order valence-electron chi connectivity index (χ1n) is 6.83. The Kier molecular flexibility index (Phi) is 3.75. The van der Waals surface area contributed by atoms with Crippen LogP contribution in [0.4, 0.5) is 5.69 Å². The second kappa shape index (κ2) is 5.87. The Labute approximate surface area is 130 Å². The Morgan fingerprint density at radius 3 is 3.04 bits per heavy atom. The first-order chi connectivity index (χ1) is 11.0. The molecule has 0 saturated carbocycles. The fourth-order valence-electron chi connectivity index (χ4n) is 2.15. The van der Waals surface area contributed by atoms with Gasteiger partial charge < -0.3 is 4.74 Å². The van der Waals surface area contributed by atoms with Crippen molar-refractivity contribution in [2.75, 3.05) is 6.61 Å². The third kappa shape index (κ3) is 3.03. The molecule has 0 aliphatic heterocycles. The van der Waals surface area contributed by atoms with Crippen LogP contribution < -0.4 is 0 Å². The summed E-state index contributed by atoms with van der Waals surface area (Å²) in [7, 11) is 0. The van der Waals surface area contributed by atoms with Crippen LogP contribution in [0.25, 0.3) is 10.9 Å². The van der Waals surface area contributed by atoms with Crippen LogP contribution >= 0.6 is 0 Å². The van der Waals surface area contributed by atoms with E-state index < -0.39 is 10.9 Å². The zero-order chi connectivity index (χ0) is 16.4. The topological polar surface area (TPSA) is 116 Å². The summed E-state index contributed by atoms with van der Waals surface area (Å²) in [5, 5.41) is 21.8. The monoisotopic (exact) mass is 315 g/mol. The van der Waals surface area contributed by atoms with E-state index in [9.17, 15) is 14.9 Å². The van der Waals surface area contributed by atoms with Crippen molar-refractivity contribution in [3.05, 3.63) is 52.0 Å². The van der Waals surface area contributed by atoms with Crippen molar-refractivity contribution in [3.8, 4) is 0 Å². The molecule has 0 amide bonds. The van der Waals surface area contributed by atoms with Gasteiger partial charge in [-0.1, -0.05) is 11.6 Å². The first kappa shape index (κ1) is 14.7. The molecule has 2 aromatic heterocycles. The van der Waals surface area contributed by atoms with Gasteiger partial charge in [0.1, 0.15) is 19.0 Å². The molecule has 0 bridgehead atoms. The maximum Gasteiger partial charge on any atom is 0.359 e. The van der Waals surface area contributed by atoms with Crippen molar-refractivity contribution < 1.29 is 14.5 Å². The average molecular weight is 315 g/mol. The van der Waals surface area contributed by atoms with Crippen LogP contribution in [0.5, 0.6) is 0 Å². The van der Waals surface area contributed by atoms with Gasteiger partial charge in [0.25, 0.3) is 0 Å². The quantitative estimate of drug-likeness (QED) is 0.436. The molecule has 9 heteroatoms. The lowest BCUT2D eigenvalue weighted by Crippen LogP contribution is -2.12.